The molecule has 0 atom stereocenters. The molecule has 0 aliphatic carbocycles. The molecule has 3 nitrogen and oxygen atoms in total. The normalized spacial score (nSPS) is 11.1. The van der Waals surface area contributed by atoms with E-state index < -0.39 is 0 Å². The van der Waals surface area contributed by atoms with Gasteiger partial charge in [0.05, 0.1) is 18.6 Å². The lowest BCUT2D eigenvalue weighted by molar-refractivity contribution is 0.386. The van der Waals surface area contributed by atoms with Crippen LogP contribution in [0.25, 0.3) is 0 Å². The second-order valence-electron chi connectivity index (χ2n) is 4.89. The zero-order valence-corrected chi connectivity index (χ0v) is 11.1. The van der Waals surface area contributed by atoms with Crippen LogP contribution in [-0.4, -0.2) is 20.2 Å². The average Bonchev–Trinajstić information content (AvgIpc) is 2.35. The van der Waals surface area contributed by atoms with Crippen LogP contribution in [-0.2, 0) is 6.42 Å². The third kappa shape index (κ3) is 4.34. The summed E-state index contributed by atoms with van der Waals surface area (Å²) in [7, 11) is 1.45. The highest BCUT2D eigenvalue weighted by atomic mass is 19.1. The van der Waals surface area contributed by atoms with Crippen LogP contribution in [0.3, 0.4) is 0 Å². The molecule has 0 heterocycles. The predicted octanol–water partition coefficient (Wildman–Crippen LogP) is 2.52. The summed E-state index contributed by atoms with van der Waals surface area (Å²) < 4.78 is 18.3. The molecule has 0 amide bonds. The van der Waals surface area contributed by atoms with Gasteiger partial charge in [-0.25, -0.2) is 4.39 Å². The summed E-state index contributed by atoms with van der Waals surface area (Å²) in [6.45, 7) is 5.11. The van der Waals surface area contributed by atoms with E-state index in [9.17, 15) is 4.39 Å². The van der Waals surface area contributed by atoms with E-state index in [0.29, 0.717) is 6.54 Å². The molecule has 0 aliphatic heterocycles. The van der Waals surface area contributed by atoms with E-state index >= 15 is 0 Å². The molecule has 0 fully saturated rings. The van der Waals surface area contributed by atoms with Crippen molar-refractivity contribution in [1.82, 2.24) is 5.32 Å². The third-order valence-corrected chi connectivity index (χ3v) is 2.68. The van der Waals surface area contributed by atoms with E-state index in [1.165, 1.54) is 13.2 Å². The highest BCUT2D eigenvalue weighted by Gasteiger charge is 2.15. The van der Waals surface area contributed by atoms with E-state index in [-0.39, 0.29) is 17.0 Å². The van der Waals surface area contributed by atoms with E-state index in [2.05, 4.69) is 11.4 Å². The van der Waals surface area contributed by atoms with Gasteiger partial charge in [-0.3, -0.25) is 0 Å². The largest absolute Gasteiger partial charge is 0.494 e. The van der Waals surface area contributed by atoms with Gasteiger partial charge in [-0.2, -0.15) is 5.26 Å². The number of rotatable bonds is 6. The molecule has 98 valence electrons. The lowest BCUT2D eigenvalue weighted by atomic mass is 9.96. The Bertz CT molecular complexity index is 438. The molecule has 0 aliphatic rings. The quantitative estimate of drug-likeness (QED) is 0.789. The molecule has 0 saturated carbocycles. The summed E-state index contributed by atoms with van der Waals surface area (Å²) in [4.78, 5) is 0. The highest BCUT2D eigenvalue weighted by molar-refractivity contribution is 5.29. The van der Waals surface area contributed by atoms with Crippen LogP contribution in [0.4, 0.5) is 4.39 Å². The van der Waals surface area contributed by atoms with Crippen molar-refractivity contribution in [1.29, 1.82) is 5.26 Å². The van der Waals surface area contributed by atoms with Crippen molar-refractivity contribution < 1.29 is 9.13 Å². The summed E-state index contributed by atoms with van der Waals surface area (Å²) in [6, 6.07) is 7.18. The second-order valence-corrected chi connectivity index (χ2v) is 4.89. The molecule has 0 unspecified atom stereocenters. The average molecular weight is 250 g/mol. The summed E-state index contributed by atoms with van der Waals surface area (Å²) in [5, 5.41) is 12.0. The maximum Gasteiger partial charge on any atom is 0.165 e. The maximum absolute atomic E-state index is 13.4. The number of ether oxygens (including phenoxy) is 1. The van der Waals surface area contributed by atoms with Gasteiger partial charge in [-0.15, -0.1) is 0 Å². The minimum absolute atomic E-state index is 0.261. The number of methoxy groups -OCH3 is 1. The van der Waals surface area contributed by atoms with Crippen LogP contribution in [0.5, 0.6) is 5.75 Å². The maximum atomic E-state index is 13.4. The highest BCUT2D eigenvalue weighted by Crippen LogP contribution is 2.17. The van der Waals surface area contributed by atoms with Crippen molar-refractivity contribution in [2.45, 2.75) is 20.3 Å². The van der Waals surface area contributed by atoms with Crippen LogP contribution in [0.1, 0.15) is 19.4 Å². The summed E-state index contributed by atoms with van der Waals surface area (Å²) in [5.41, 5.74) is 0.543. The number of nitrogens with one attached hydrogen (secondary N) is 1. The minimum Gasteiger partial charge on any atom is -0.494 e. The standard InChI is InChI=1S/C14H19FN2O/c1-14(2,9-16)10-17-7-6-11-4-5-13(18-3)12(15)8-11/h4-5,8,17H,6-7,10H2,1-3H3. The fraction of sp³-hybridized carbons (Fsp3) is 0.500. The van der Waals surface area contributed by atoms with Crippen LogP contribution >= 0.6 is 0 Å². The van der Waals surface area contributed by atoms with Gasteiger partial charge in [-0.1, -0.05) is 6.07 Å². The van der Waals surface area contributed by atoms with Crippen molar-refractivity contribution >= 4 is 0 Å². The van der Waals surface area contributed by atoms with Crippen molar-refractivity contribution in [3.63, 3.8) is 0 Å². The molecule has 1 aromatic rings. The molecular formula is C14H19FN2O. The molecule has 0 bridgehead atoms. The number of nitriles is 1. The molecular weight excluding hydrogens is 231 g/mol. The molecule has 1 rings (SSSR count). The number of benzene rings is 1. The van der Waals surface area contributed by atoms with Gasteiger partial charge in [0.1, 0.15) is 0 Å². The Hall–Kier alpha value is -1.60. The van der Waals surface area contributed by atoms with E-state index in [0.717, 1.165) is 18.5 Å². The fourth-order valence-corrected chi connectivity index (χ4v) is 1.54. The Labute approximate surface area is 108 Å². The Balaban J connectivity index is 2.41. The Morgan fingerprint density at radius 2 is 2.17 bits per heavy atom. The second kappa shape index (κ2) is 6.36. The first-order valence-electron chi connectivity index (χ1n) is 5.93. The lowest BCUT2D eigenvalue weighted by Gasteiger charge is -2.15. The fourth-order valence-electron chi connectivity index (χ4n) is 1.54. The molecule has 1 N–H and O–H groups in total. The van der Waals surface area contributed by atoms with Gasteiger partial charge in [-0.05, 0) is 44.5 Å². The first kappa shape index (κ1) is 14.5. The van der Waals surface area contributed by atoms with E-state index in [1.807, 2.05) is 19.9 Å². The number of halogens is 1. The Morgan fingerprint density at radius 3 is 2.72 bits per heavy atom. The topological polar surface area (TPSA) is 45.0 Å². The molecule has 4 heteroatoms. The van der Waals surface area contributed by atoms with Gasteiger partial charge in [0.25, 0.3) is 0 Å². The molecule has 0 saturated heterocycles. The van der Waals surface area contributed by atoms with Crippen molar-refractivity contribution in [3.05, 3.63) is 29.6 Å². The summed E-state index contributed by atoms with van der Waals surface area (Å²) in [5.74, 6) is -0.0790. The zero-order chi connectivity index (χ0) is 13.6. The van der Waals surface area contributed by atoms with Gasteiger partial charge in [0, 0.05) is 6.54 Å². The number of hydrogen-bond acceptors (Lipinski definition) is 3. The van der Waals surface area contributed by atoms with Gasteiger partial charge in [0.15, 0.2) is 11.6 Å². The summed E-state index contributed by atoms with van der Waals surface area (Å²) >= 11 is 0. The van der Waals surface area contributed by atoms with E-state index in [4.69, 9.17) is 10.00 Å². The van der Waals surface area contributed by atoms with Crippen LogP contribution < -0.4 is 10.1 Å². The Morgan fingerprint density at radius 1 is 1.44 bits per heavy atom. The van der Waals surface area contributed by atoms with Crippen LogP contribution in [0.15, 0.2) is 18.2 Å². The first-order chi connectivity index (χ1) is 8.48. The van der Waals surface area contributed by atoms with E-state index in [1.54, 1.807) is 6.07 Å². The number of nitrogens with zero attached hydrogens (tertiary/aromatic N) is 1. The Kier molecular flexibility index (Phi) is 5.11. The predicted molar refractivity (Wildman–Crippen MR) is 68.9 cm³/mol. The smallest absolute Gasteiger partial charge is 0.165 e. The van der Waals surface area contributed by atoms with Crippen LogP contribution in [0, 0.1) is 22.6 Å². The van der Waals surface area contributed by atoms with Crippen molar-refractivity contribution in [2.75, 3.05) is 20.2 Å². The number of hydrogen-bond donors (Lipinski definition) is 1. The molecule has 0 spiro atoms. The summed E-state index contributed by atoms with van der Waals surface area (Å²) in [6.07, 6.45) is 0.725. The molecule has 0 aromatic heterocycles. The SMILES string of the molecule is COc1ccc(CCNCC(C)(C)C#N)cc1F. The zero-order valence-electron chi connectivity index (χ0n) is 11.1. The van der Waals surface area contributed by atoms with Gasteiger partial charge in [0.2, 0.25) is 0 Å². The van der Waals surface area contributed by atoms with Gasteiger partial charge < -0.3 is 10.1 Å². The molecule has 18 heavy (non-hydrogen) atoms. The lowest BCUT2D eigenvalue weighted by Crippen LogP contribution is -2.29. The minimum atomic E-state index is -0.370. The molecule has 0 radical (unpaired) electrons. The van der Waals surface area contributed by atoms with Crippen molar-refractivity contribution in [2.24, 2.45) is 5.41 Å². The third-order valence-electron chi connectivity index (χ3n) is 2.68. The van der Waals surface area contributed by atoms with Gasteiger partial charge >= 0.3 is 0 Å². The van der Waals surface area contributed by atoms with Crippen molar-refractivity contribution in [3.8, 4) is 11.8 Å². The first-order valence-corrected chi connectivity index (χ1v) is 5.93. The van der Waals surface area contributed by atoms with Crippen LogP contribution in [0.2, 0.25) is 0 Å². The monoisotopic (exact) mass is 250 g/mol. The molecule has 1 aromatic carbocycles.